The van der Waals surface area contributed by atoms with E-state index in [0.717, 1.165) is 16.5 Å². The Bertz CT molecular complexity index is 975. The van der Waals surface area contributed by atoms with Gasteiger partial charge in [-0.3, -0.25) is 10.1 Å². The van der Waals surface area contributed by atoms with Crippen LogP contribution in [0.2, 0.25) is 0 Å². The third-order valence-corrected chi connectivity index (χ3v) is 6.67. The minimum Gasteiger partial charge on any atom is -0.496 e. The number of nitrogens with one attached hydrogen (secondary N) is 1. The van der Waals surface area contributed by atoms with E-state index in [-0.39, 0.29) is 29.5 Å². The lowest BCUT2D eigenvalue weighted by Crippen LogP contribution is -3.13. The number of ether oxygens (including phenoxy) is 1. The fourth-order valence-corrected chi connectivity index (χ4v) is 4.76. The topological polar surface area (TPSA) is 94.2 Å². The van der Waals surface area contributed by atoms with E-state index in [4.69, 9.17) is 4.74 Å². The van der Waals surface area contributed by atoms with Gasteiger partial charge in [0.25, 0.3) is 5.69 Å². The Morgan fingerprint density at radius 1 is 1.21 bits per heavy atom. The molecule has 1 N–H and O–H groups in total. The Labute approximate surface area is 162 Å². The molecule has 3 rings (SSSR count). The van der Waals surface area contributed by atoms with E-state index < -0.39 is 14.9 Å². The second-order valence-corrected chi connectivity index (χ2v) is 8.48. The molecule has 0 radical (unpaired) electrons. The SMILES string of the molecule is COc1ccc(F)cc1C[NH+]1CCN(S(=O)(=O)c2cccc([N+](=O)[O-])c2)CC1. The maximum Gasteiger partial charge on any atom is 0.270 e. The van der Waals surface area contributed by atoms with E-state index in [2.05, 4.69) is 0 Å². The number of hydrogen-bond donors (Lipinski definition) is 1. The van der Waals surface area contributed by atoms with E-state index in [1.54, 1.807) is 6.07 Å². The smallest absolute Gasteiger partial charge is 0.270 e. The highest BCUT2D eigenvalue weighted by Gasteiger charge is 2.31. The van der Waals surface area contributed by atoms with E-state index in [0.29, 0.717) is 25.4 Å². The number of benzene rings is 2. The summed E-state index contributed by atoms with van der Waals surface area (Å²) in [5.41, 5.74) is 0.469. The van der Waals surface area contributed by atoms with Crippen LogP contribution in [0, 0.1) is 15.9 Å². The lowest BCUT2D eigenvalue weighted by molar-refractivity contribution is -0.917. The summed E-state index contributed by atoms with van der Waals surface area (Å²) in [6.07, 6.45) is 0. The molecule has 2 aromatic carbocycles. The highest BCUT2D eigenvalue weighted by Crippen LogP contribution is 2.21. The van der Waals surface area contributed by atoms with Crippen molar-refractivity contribution < 1.29 is 27.4 Å². The highest BCUT2D eigenvalue weighted by molar-refractivity contribution is 7.89. The second-order valence-electron chi connectivity index (χ2n) is 6.54. The van der Waals surface area contributed by atoms with Crippen molar-refractivity contribution in [3.63, 3.8) is 0 Å². The van der Waals surface area contributed by atoms with Crippen molar-refractivity contribution in [1.29, 1.82) is 0 Å². The molecule has 1 aliphatic rings. The van der Waals surface area contributed by atoms with Gasteiger partial charge in [-0.1, -0.05) is 6.07 Å². The zero-order chi connectivity index (χ0) is 20.3. The molecule has 0 atom stereocenters. The van der Waals surface area contributed by atoms with Gasteiger partial charge in [0.15, 0.2) is 0 Å². The molecule has 1 saturated heterocycles. The molecule has 0 aliphatic carbocycles. The highest BCUT2D eigenvalue weighted by atomic mass is 32.2. The van der Waals surface area contributed by atoms with Crippen molar-refractivity contribution >= 4 is 15.7 Å². The number of piperazine rings is 1. The summed E-state index contributed by atoms with van der Waals surface area (Å²) in [4.78, 5) is 11.3. The van der Waals surface area contributed by atoms with Crippen molar-refractivity contribution in [3.05, 3.63) is 64.0 Å². The van der Waals surface area contributed by atoms with E-state index in [9.17, 15) is 22.9 Å². The van der Waals surface area contributed by atoms with Crippen LogP contribution in [0.4, 0.5) is 10.1 Å². The molecule has 0 aromatic heterocycles. The molecule has 2 aromatic rings. The van der Waals surface area contributed by atoms with Crippen LogP contribution in [0.5, 0.6) is 5.75 Å². The molecular weight excluding hydrogens is 389 g/mol. The molecule has 8 nitrogen and oxygen atoms in total. The van der Waals surface area contributed by atoms with Crippen LogP contribution in [0.3, 0.4) is 0 Å². The van der Waals surface area contributed by atoms with Gasteiger partial charge in [-0.2, -0.15) is 4.31 Å². The summed E-state index contributed by atoms with van der Waals surface area (Å²) in [7, 11) is -2.28. The molecular formula is C18H21FN3O5S+. The molecule has 10 heteroatoms. The first kappa shape index (κ1) is 20.2. The third-order valence-electron chi connectivity index (χ3n) is 4.78. The van der Waals surface area contributed by atoms with Gasteiger partial charge in [-0.25, -0.2) is 12.8 Å². The first-order chi connectivity index (χ1) is 13.3. The molecule has 1 fully saturated rings. The van der Waals surface area contributed by atoms with Gasteiger partial charge in [-0.15, -0.1) is 0 Å². The number of methoxy groups -OCH3 is 1. The summed E-state index contributed by atoms with van der Waals surface area (Å²) >= 11 is 0. The van der Waals surface area contributed by atoms with Gasteiger partial charge in [0.1, 0.15) is 18.1 Å². The summed E-state index contributed by atoms with van der Waals surface area (Å²) in [5.74, 6) is 0.252. The zero-order valence-corrected chi connectivity index (χ0v) is 16.1. The number of nitro groups is 1. The standard InChI is InChI=1S/C18H20FN3O5S/c1-27-18-6-5-15(19)11-14(18)13-20-7-9-21(10-8-20)28(25,26)17-4-2-3-16(12-17)22(23)24/h2-6,11-12H,7-10,13H2,1H3/p+1. The number of nitrogens with zero attached hydrogens (tertiary/aromatic N) is 2. The Hall–Kier alpha value is -2.56. The van der Waals surface area contributed by atoms with Crippen molar-refractivity contribution in [1.82, 2.24) is 4.31 Å². The van der Waals surface area contributed by atoms with Gasteiger partial charge in [0.05, 0.1) is 48.7 Å². The van der Waals surface area contributed by atoms with Crippen LogP contribution >= 0.6 is 0 Å². The van der Waals surface area contributed by atoms with Crippen LogP contribution in [0.1, 0.15) is 5.56 Å². The van der Waals surface area contributed by atoms with E-state index >= 15 is 0 Å². The number of hydrogen-bond acceptors (Lipinski definition) is 5. The Morgan fingerprint density at radius 2 is 1.93 bits per heavy atom. The fourth-order valence-electron chi connectivity index (χ4n) is 3.28. The van der Waals surface area contributed by atoms with Crippen LogP contribution in [-0.2, 0) is 16.6 Å². The van der Waals surface area contributed by atoms with Gasteiger partial charge in [0, 0.05) is 12.1 Å². The van der Waals surface area contributed by atoms with Gasteiger partial charge >= 0.3 is 0 Å². The monoisotopic (exact) mass is 410 g/mol. The average Bonchev–Trinajstić information content (AvgIpc) is 2.69. The minimum absolute atomic E-state index is 0.0862. The summed E-state index contributed by atoms with van der Waals surface area (Å²) in [5, 5.41) is 10.9. The quantitative estimate of drug-likeness (QED) is 0.562. The molecule has 1 heterocycles. The molecule has 0 bridgehead atoms. The fraction of sp³-hybridized carbons (Fsp3) is 0.333. The van der Waals surface area contributed by atoms with E-state index in [1.807, 2.05) is 0 Å². The maximum atomic E-state index is 13.5. The number of nitro benzene ring substituents is 1. The predicted molar refractivity (Wildman–Crippen MR) is 99.2 cm³/mol. The van der Waals surface area contributed by atoms with Crippen LogP contribution in [0.25, 0.3) is 0 Å². The van der Waals surface area contributed by atoms with Crippen molar-refractivity contribution in [2.75, 3.05) is 33.3 Å². The van der Waals surface area contributed by atoms with Crippen LogP contribution in [-0.4, -0.2) is 50.9 Å². The molecule has 150 valence electrons. The first-order valence-electron chi connectivity index (χ1n) is 8.72. The zero-order valence-electron chi connectivity index (χ0n) is 15.3. The predicted octanol–water partition coefficient (Wildman–Crippen LogP) is 0.832. The molecule has 0 amide bonds. The lowest BCUT2D eigenvalue weighted by Gasteiger charge is -2.31. The van der Waals surface area contributed by atoms with Crippen LogP contribution < -0.4 is 9.64 Å². The van der Waals surface area contributed by atoms with E-state index in [1.165, 1.54) is 41.7 Å². The summed E-state index contributed by atoms with van der Waals surface area (Å²) in [6, 6.07) is 9.40. The number of quaternary nitrogens is 1. The lowest BCUT2D eigenvalue weighted by atomic mass is 10.1. The number of halogens is 1. The number of non-ortho nitro benzene ring substituents is 1. The van der Waals surface area contributed by atoms with Gasteiger partial charge < -0.3 is 9.64 Å². The number of rotatable bonds is 6. The van der Waals surface area contributed by atoms with Crippen LogP contribution in [0.15, 0.2) is 47.4 Å². The average molecular weight is 410 g/mol. The molecule has 0 spiro atoms. The number of sulfonamides is 1. The normalized spacial score (nSPS) is 16.1. The maximum absolute atomic E-state index is 13.5. The molecule has 28 heavy (non-hydrogen) atoms. The Balaban J connectivity index is 1.69. The molecule has 0 saturated carbocycles. The van der Waals surface area contributed by atoms with Gasteiger partial charge in [-0.05, 0) is 24.3 Å². The molecule has 1 aliphatic heterocycles. The Morgan fingerprint density at radius 3 is 2.57 bits per heavy atom. The largest absolute Gasteiger partial charge is 0.496 e. The summed E-state index contributed by atoms with van der Waals surface area (Å²) in [6.45, 7) is 2.14. The summed E-state index contributed by atoms with van der Waals surface area (Å²) < 4.78 is 45.7. The Kier molecular flexibility index (Phi) is 5.92. The second kappa shape index (κ2) is 8.21. The van der Waals surface area contributed by atoms with Crippen molar-refractivity contribution in [2.24, 2.45) is 0 Å². The first-order valence-corrected chi connectivity index (χ1v) is 10.2. The van der Waals surface area contributed by atoms with Gasteiger partial charge in [0.2, 0.25) is 10.0 Å². The van der Waals surface area contributed by atoms with Crippen molar-refractivity contribution in [2.45, 2.75) is 11.4 Å². The third kappa shape index (κ3) is 4.29. The van der Waals surface area contributed by atoms with Crippen molar-refractivity contribution in [3.8, 4) is 5.75 Å². The molecule has 0 unspecified atom stereocenters. The minimum atomic E-state index is -3.80.